The summed E-state index contributed by atoms with van der Waals surface area (Å²) in [6, 6.07) is 10.1. The van der Waals surface area contributed by atoms with Crippen molar-refractivity contribution in [3.05, 3.63) is 70.0 Å². The van der Waals surface area contributed by atoms with Gasteiger partial charge >= 0.3 is 12.1 Å². The van der Waals surface area contributed by atoms with Crippen LogP contribution in [0.15, 0.2) is 36.4 Å². The standard InChI is InChI=1S/C27H27ClF3N7O4S/c1-4-42-22(39)11-10-21-32-36-37(35-21)13-12-20-25-33-34-26(27(29,30)31)38(25)18-9-8-15(28)14-17(18)24(43-20)16-6-5-7-19(40-2)23(16)41-3/h5-9,14,20,24H,4,10-13H2,1-3H3/t20-,24-/m1/s1. The Morgan fingerprint density at radius 2 is 1.91 bits per heavy atom. The summed E-state index contributed by atoms with van der Waals surface area (Å²) in [6.45, 7) is 2.20. The molecule has 0 N–H and O–H groups in total. The SMILES string of the molecule is CCOC(=O)CCc1nnn(CC[C@H]2S[C@H](c3cccc(OC)c3OC)c3cc(Cl)ccc3-n3c2nnc3C(F)(F)F)n1. The average Bonchev–Trinajstić information content (AvgIpc) is 3.61. The van der Waals surface area contributed by atoms with Gasteiger partial charge in [-0.1, -0.05) is 23.7 Å². The number of aryl methyl sites for hydroxylation is 2. The average molecular weight is 638 g/mol. The van der Waals surface area contributed by atoms with Crippen molar-refractivity contribution in [3.63, 3.8) is 0 Å². The number of ether oxygens (including phenoxy) is 3. The lowest BCUT2D eigenvalue weighted by Crippen LogP contribution is -2.16. The third-order valence-corrected chi connectivity index (χ3v) is 8.49. The molecule has 0 unspecified atom stereocenters. The summed E-state index contributed by atoms with van der Waals surface area (Å²) in [6.07, 6.45) is -4.15. The highest BCUT2D eigenvalue weighted by molar-refractivity contribution is 8.00. The molecule has 1 aliphatic rings. The molecule has 2 aromatic heterocycles. The van der Waals surface area contributed by atoms with Crippen LogP contribution in [0.3, 0.4) is 0 Å². The van der Waals surface area contributed by atoms with Gasteiger partial charge in [0, 0.05) is 17.0 Å². The van der Waals surface area contributed by atoms with Crippen molar-refractivity contribution in [2.24, 2.45) is 0 Å². The van der Waals surface area contributed by atoms with E-state index in [4.69, 9.17) is 25.8 Å². The summed E-state index contributed by atoms with van der Waals surface area (Å²) >= 11 is 7.79. The van der Waals surface area contributed by atoms with Crippen LogP contribution in [-0.2, 0) is 28.7 Å². The fourth-order valence-corrected chi connectivity index (χ4v) is 6.56. The summed E-state index contributed by atoms with van der Waals surface area (Å²) < 4.78 is 60.0. The molecule has 228 valence electrons. The zero-order valence-electron chi connectivity index (χ0n) is 23.3. The number of para-hydroxylation sites is 1. The fraction of sp³-hybridized carbons (Fsp3) is 0.407. The van der Waals surface area contributed by atoms with Crippen LogP contribution in [0.5, 0.6) is 11.5 Å². The first kappa shape index (κ1) is 30.6. The van der Waals surface area contributed by atoms with Gasteiger partial charge in [0.25, 0.3) is 0 Å². The highest BCUT2D eigenvalue weighted by Crippen LogP contribution is 2.54. The molecule has 11 nitrogen and oxygen atoms in total. The van der Waals surface area contributed by atoms with Crippen molar-refractivity contribution >= 4 is 29.3 Å². The van der Waals surface area contributed by atoms with Gasteiger partial charge in [-0.15, -0.1) is 32.2 Å². The number of aromatic nitrogens is 7. The Morgan fingerprint density at radius 1 is 1.09 bits per heavy atom. The molecule has 3 heterocycles. The lowest BCUT2D eigenvalue weighted by atomic mass is 10.0. The fourth-order valence-electron chi connectivity index (χ4n) is 4.87. The molecule has 5 rings (SSSR count). The molecule has 16 heteroatoms. The number of thioether (sulfide) groups is 1. The van der Waals surface area contributed by atoms with Gasteiger partial charge < -0.3 is 14.2 Å². The topological polar surface area (TPSA) is 119 Å². The summed E-state index contributed by atoms with van der Waals surface area (Å²) in [4.78, 5) is 13.0. The van der Waals surface area contributed by atoms with E-state index >= 15 is 0 Å². The van der Waals surface area contributed by atoms with Crippen molar-refractivity contribution in [1.29, 1.82) is 0 Å². The van der Waals surface area contributed by atoms with Gasteiger partial charge in [-0.3, -0.25) is 9.36 Å². The van der Waals surface area contributed by atoms with Gasteiger partial charge in [0.2, 0.25) is 5.82 Å². The normalized spacial score (nSPS) is 16.3. The Labute approximate surface area is 253 Å². The summed E-state index contributed by atoms with van der Waals surface area (Å²) in [5.41, 5.74) is 1.47. The first-order chi connectivity index (χ1) is 20.6. The van der Waals surface area contributed by atoms with Crippen molar-refractivity contribution in [1.82, 2.24) is 35.0 Å². The lowest BCUT2D eigenvalue weighted by molar-refractivity contribution is -0.146. The molecule has 0 saturated carbocycles. The second-order valence-corrected chi connectivity index (χ2v) is 11.1. The number of methoxy groups -OCH3 is 2. The molecule has 2 atom stereocenters. The van der Waals surface area contributed by atoms with Crippen LogP contribution in [0.4, 0.5) is 13.2 Å². The second kappa shape index (κ2) is 12.8. The van der Waals surface area contributed by atoms with Crippen LogP contribution in [0.25, 0.3) is 5.69 Å². The highest BCUT2D eigenvalue weighted by atomic mass is 35.5. The number of hydrogen-bond acceptors (Lipinski definition) is 10. The van der Waals surface area contributed by atoms with Crippen LogP contribution in [0.2, 0.25) is 5.02 Å². The summed E-state index contributed by atoms with van der Waals surface area (Å²) in [7, 11) is 3.02. The number of carbonyl (C=O) groups is 1. The molecule has 0 fully saturated rings. The Balaban J connectivity index is 1.55. The number of alkyl halides is 3. The number of esters is 1. The number of rotatable bonds is 10. The molecule has 4 aromatic rings. The number of halogens is 4. The smallest absolute Gasteiger partial charge is 0.452 e. The quantitative estimate of drug-likeness (QED) is 0.209. The van der Waals surface area contributed by atoms with E-state index < -0.39 is 22.5 Å². The van der Waals surface area contributed by atoms with Crippen molar-refractivity contribution < 1.29 is 32.2 Å². The lowest BCUT2D eigenvalue weighted by Gasteiger charge is -2.24. The maximum Gasteiger partial charge on any atom is 0.452 e. The van der Waals surface area contributed by atoms with E-state index in [-0.39, 0.29) is 49.9 Å². The van der Waals surface area contributed by atoms with Gasteiger partial charge in [0.05, 0.1) is 50.0 Å². The molecule has 2 aromatic carbocycles. The minimum Gasteiger partial charge on any atom is -0.493 e. The number of benzene rings is 2. The largest absolute Gasteiger partial charge is 0.493 e. The van der Waals surface area contributed by atoms with Crippen molar-refractivity contribution in [2.45, 2.75) is 49.4 Å². The van der Waals surface area contributed by atoms with E-state index in [1.54, 1.807) is 25.1 Å². The first-order valence-corrected chi connectivity index (χ1v) is 14.6. The molecule has 43 heavy (non-hydrogen) atoms. The van der Waals surface area contributed by atoms with Gasteiger partial charge in [-0.05, 0) is 48.4 Å². The molecule has 1 aliphatic heterocycles. The van der Waals surface area contributed by atoms with E-state index in [9.17, 15) is 18.0 Å². The summed E-state index contributed by atoms with van der Waals surface area (Å²) in [5.74, 6) is -0.118. The molecule has 0 saturated heterocycles. The Hall–Kier alpha value is -3.85. The zero-order chi connectivity index (χ0) is 30.7. The van der Waals surface area contributed by atoms with E-state index in [1.807, 2.05) is 6.07 Å². The molecule has 0 radical (unpaired) electrons. The first-order valence-electron chi connectivity index (χ1n) is 13.3. The van der Waals surface area contributed by atoms with Crippen LogP contribution in [0.1, 0.15) is 58.9 Å². The molecule has 0 amide bonds. The van der Waals surface area contributed by atoms with Gasteiger partial charge in [-0.25, -0.2) is 0 Å². The minimum atomic E-state index is -4.77. The van der Waals surface area contributed by atoms with Gasteiger partial charge in [0.15, 0.2) is 23.1 Å². The Kier molecular flexibility index (Phi) is 9.11. The number of hydrogen-bond donors (Lipinski definition) is 0. The third kappa shape index (κ3) is 6.42. The van der Waals surface area contributed by atoms with E-state index in [0.29, 0.717) is 33.5 Å². The molecule has 0 aliphatic carbocycles. The molecule has 0 spiro atoms. The maximum atomic E-state index is 14.3. The van der Waals surface area contributed by atoms with Crippen LogP contribution < -0.4 is 9.47 Å². The van der Waals surface area contributed by atoms with Crippen LogP contribution >= 0.6 is 23.4 Å². The molecular formula is C27H27ClF3N7O4S. The highest BCUT2D eigenvalue weighted by Gasteiger charge is 2.43. The van der Waals surface area contributed by atoms with Crippen molar-refractivity contribution in [3.8, 4) is 17.2 Å². The third-order valence-electron chi connectivity index (χ3n) is 6.70. The van der Waals surface area contributed by atoms with Gasteiger partial charge in [-0.2, -0.15) is 18.0 Å². The zero-order valence-corrected chi connectivity index (χ0v) is 24.9. The second-order valence-electron chi connectivity index (χ2n) is 9.40. The minimum absolute atomic E-state index is 0.103. The van der Waals surface area contributed by atoms with E-state index in [1.165, 1.54) is 42.9 Å². The maximum absolute atomic E-state index is 14.3. The van der Waals surface area contributed by atoms with Crippen molar-refractivity contribution in [2.75, 3.05) is 20.8 Å². The molecule has 0 bridgehead atoms. The number of fused-ring (bicyclic) bond motifs is 3. The number of carbonyl (C=O) groups excluding carboxylic acids is 1. The predicted octanol–water partition coefficient (Wildman–Crippen LogP) is 5.41. The number of tetrazole rings is 1. The Bertz CT molecular complexity index is 1610. The summed E-state index contributed by atoms with van der Waals surface area (Å²) in [5, 5.41) is 19.2. The van der Waals surface area contributed by atoms with E-state index in [0.717, 1.165) is 4.57 Å². The number of nitrogens with zero attached hydrogens (tertiary/aromatic N) is 7. The van der Waals surface area contributed by atoms with Crippen LogP contribution in [0, 0.1) is 0 Å². The van der Waals surface area contributed by atoms with Gasteiger partial charge in [0.1, 0.15) is 0 Å². The Morgan fingerprint density at radius 3 is 2.63 bits per heavy atom. The predicted molar refractivity (Wildman–Crippen MR) is 150 cm³/mol. The monoisotopic (exact) mass is 637 g/mol. The molecular weight excluding hydrogens is 611 g/mol. The van der Waals surface area contributed by atoms with E-state index in [2.05, 4.69) is 25.6 Å². The van der Waals surface area contributed by atoms with Crippen LogP contribution in [-0.4, -0.2) is 61.8 Å².